The first kappa shape index (κ1) is 14.1. The Morgan fingerprint density at radius 1 is 1.21 bits per heavy atom. The van der Waals surface area contributed by atoms with Gasteiger partial charge in [0.15, 0.2) is 8.32 Å². The van der Waals surface area contributed by atoms with Crippen molar-refractivity contribution in [3.63, 3.8) is 0 Å². The van der Waals surface area contributed by atoms with Gasteiger partial charge in [-0.2, -0.15) is 0 Å². The number of hydrogen-bond acceptors (Lipinski definition) is 3. The molecule has 0 amide bonds. The molecular formula is C10H25NO2Si. The molecule has 0 aliphatic rings. The van der Waals surface area contributed by atoms with E-state index >= 15 is 0 Å². The average molecular weight is 219 g/mol. The normalized spacial score (nSPS) is 13.3. The van der Waals surface area contributed by atoms with Crippen LogP contribution in [-0.4, -0.2) is 35.3 Å². The number of nitrogens with one attached hydrogen (secondary N) is 1. The van der Waals surface area contributed by atoms with Gasteiger partial charge in [-0.15, -0.1) is 0 Å². The van der Waals surface area contributed by atoms with Crippen LogP contribution in [-0.2, 0) is 9.16 Å². The van der Waals surface area contributed by atoms with E-state index in [4.69, 9.17) is 9.16 Å². The van der Waals surface area contributed by atoms with Crippen LogP contribution >= 0.6 is 0 Å². The molecule has 0 unspecified atom stereocenters. The van der Waals surface area contributed by atoms with E-state index in [0.717, 1.165) is 13.2 Å². The van der Waals surface area contributed by atoms with Gasteiger partial charge in [-0.1, -0.05) is 20.8 Å². The number of ether oxygens (including phenoxy) is 1. The van der Waals surface area contributed by atoms with Crippen molar-refractivity contribution in [2.45, 2.75) is 38.9 Å². The summed E-state index contributed by atoms with van der Waals surface area (Å²) in [6.45, 7) is 13.5. The van der Waals surface area contributed by atoms with E-state index in [2.05, 4.69) is 39.2 Å². The van der Waals surface area contributed by atoms with Crippen LogP contribution < -0.4 is 5.32 Å². The fourth-order valence-electron chi connectivity index (χ4n) is 0.694. The van der Waals surface area contributed by atoms with Crippen LogP contribution in [0.2, 0.25) is 18.1 Å². The molecule has 0 aromatic rings. The fraction of sp³-hybridized carbons (Fsp3) is 1.00. The van der Waals surface area contributed by atoms with E-state index in [9.17, 15) is 0 Å². The molecular weight excluding hydrogens is 194 g/mol. The van der Waals surface area contributed by atoms with Crippen molar-refractivity contribution in [1.29, 1.82) is 0 Å². The Labute approximate surface area is 89.3 Å². The third-order valence-corrected chi connectivity index (χ3v) is 7.30. The van der Waals surface area contributed by atoms with Gasteiger partial charge >= 0.3 is 0 Å². The first-order chi connectivity index (χ1) is 6.31. The monoisotopic (exact) mass is 219 g/mol. The zero-order valence-corrected chi connectivity index (χ0v) is 11.4. The quantitative estimate of drug-likeness (QED) is 0.422. The highest BCUT2D eigenvalue weighted by Crippen LogP contribution is 2.36. The van der Waals surface area contributed by atoms with Gasteiger partial charge in [0.05, 0.1) is 13.3 Å². The van der Waals surface area contributed by atoms with E-state index < -0.39 is 8.32 Å². The van der Waals surface area contributed by atoms with Crippen molar-refractivity contribution in [2.75, 3.05) is 27.0 Å². The maximum atomic E-state index is 5.91. The number of rotatable bonds is 6. The van der Waals surface area contributed by atoms with Crippen molar-refractivity contribution in [2.24, 2.45) is 0 Å². The van der Waals surface area contributed by atoms with Gasteiger partial charge in [0.2, 0.25) is 0 Å². The van der Waals surface area contributed by atoms with Gasteiger partial charge in [-0.25, -0.2) is 0 Å². The Hall–Kier alpha value is 0.0969. The molecule has 0 saturated heterocycles. The summed E-state index contributed by atoms with van der Waals surface area (Å²) in [6, 6.07) is 0. The Morgan fingerprint density at radius 2 is 1.79 bits per heavy atom. The second kappa shape index (κ2) is 5.85. The lowest BCUT2D eigenvalue weighted by molar-refractivity contribution is 0.182. The smallest absolute Gasteiger partial charge is 0.193 e. The van der Waals surface area contributed by atoms with Crippen LogP contribution in [0.15, 0.2) is 0 Å². The van der Waals surface area contributed by atoms with Crippen LogP contribution in [0.3, 0.4) is 0 Å². The van der Waals surface area contributed by atoms with Crippen LogP contribution in [0, 0.1) is 0 Å². The predicted molar refractivity (Wildman–Crippen MR) is 63.0 cm³/mol. The zero-order valence-electron chi connectivity index (χ0n) is 10.4. The van der Waals surface area contributed by atoms with Crippen LogP contribution in [0.25, 0.3) is 0 Å². The SMILES string of the molecule is COCCNCO[Si](C)(C)C(C)(C)C. The summed E-state index contributed by atoms with van der Waals surface area (Å²) in [7, 11) is 0.136. The second-order valence-corrected chi connectivity index (χ2v) is 9.85. The van der Waals surface area contributed by atoms with E-state index in [1.807, 2.05) is 0 Å². The van der Waals surface area contributed by atoms with Crippen LogP contribution in [0.1, 0.15) is 20.8 Å². The third-order valence-electron chi connectivity index (χ3n) is 2.82. The van der Waals surface area contributed by atoms with Crippen LogP contribution in [0.4, 0.5) is 0 Å². The Bertz CT molecular complexity index is 155. The Morgan fingerprint density at radius 3 is 2.21 bits per heavy atom. The lowest BCUT2D eigenvalue weighted by atomic mass is 10.2. The molecule has 0 fully saturated rings. The van der Waals surface area contributed by atoms with Crippen LogP contribution in [0.5, 0.6) is 0 Å². The lowest BCUT2D eigenvalue weighted by Crippen LogP contribution is -2.43. The maximum Gasteiger partial charge on any atom is 0.193 e. The summed E-state index contributed by atoms with van der Waals surface area (Å²) in [6.07, 6.45) is 0. The van der Waals surface area contributed by atoms with E-state index in [0.29, 0.717) is 6.73 Å². The van der Waals surface area contributed by atoms with E-state index in [1.165, 1.54) is 0 Å². The predicted octanol–water partition coefficient (Wildman–Crippen LogP) is 2.20. The van der Waals surface area contributed by atoms with Crippen molar-refractivity contribution < 1.29 is 9.16 Å². The first-order valence-electron chi connectivity index (χ1n) is 5.15. The molecule has 86 valence electrons. The Balaban J connectivity index is 3.67. The highest BCUT2D eigenvalue weighted by atomic mass is 28.4. The summed E-state index contributed by atoms with van der Waals surface area (Å²) in [5.41, 5.74) is 0. The standard InChI is InChI=1S/C10H25NO2Si/c1-10(2,3)14(5,6)13-9-11-7-8-12-4/h11H,7-9H2,1-6H3. The summed E-state index contributed by atoms with van der Waals surface area (Å²) >= 11 is 0. The Kier molecular flexibility index (Phi) is 5.89. The topological polar surface area (TPSA) is 30.5 Å². The summed E-state index contributed by atoms with van der Waals surface area (Å²) in [4.78, 5) is 0. The summed E-state index contributed by atoms with van der Waals surface area (Å²) < 4.78 is 10.8. The molecule has 0 heterocycles. The second-order valence-electron chi connectivity index (χ2n) is 5.04. The van der Waals surface area contributed by atoms with Gasteiger partial charge in [0.1, 0.15) is 0 Å². The molecule has 0 saturated carbocycles. The van der Waals surface area contributed by atoms with Gasteiger partial charge in [-0.05, 0) is 18.1 Å². The van der Waals surface area contributed by atoms with Crippen molar-refractivity contribution in [3.05, 3.63) is 0 Å². The van der Waals surface area contributed by atoms with Gasteiger partial charge in [0.25, 0.3) is 0 Å². The van der Waals surface area contributed by atoms with Crippen molar-refractivity contribution in [3.8, 4) is 0 Å². The van der Waals surface area contributed by atoms with Crippen molar-refractivity contribution >= 4 is 8.32 Å². The molecule has 0 aromatic heterocycles. The molecule has 0 atom stereocenters. The molecule has 0 radical (unpaired) electrons. The molecule has 1 N–H and O–H groups in total. The lowest BCUT2D eigenvalue weighted by Gasteiger charge is -2.36. The molecule has 0 aromatic carbocycles. The van der Waals surface area contributed by atoms with Gasteiger partial charge in [0, 0.05) is 13.7 Å². The molecule has 0 aliphatic carbocycles. The fourth-order valence-corrected chi connectivity index (χ4v) is 1.59. The molecule has 4 heteroatoms. The molecule has 3 nitrogen and oxygen atoms in total. The largest absolute Gasteiger partial charge is 0.404 e. The van der Waals surface area contributed by atoms with Gasteiger partial charge in [-0.3, -0.25) is 5.32 Å². The number of hydrogen-bond donors (Lipinski definition) is 1. The van der Waals surface area contributed by atoms with Gasteiger partial charge < -0.3 is 9.16 Å². The highest BCUT2D eigenvalue weighted by Gasteiger charge is 2.36. The molecule has 0 aliphatic heterocycles. The minimum Gasteiger partial charge on any atom is -0.404 e. The molecule has 0 spiro atoms. The minimum atomic E-state index is -1.57. The molecule has 14 heavy (non-hydrogen) atoms. The third kappa shape index (κ3) is 5.10. The molecule has 0 bridgehead atoms. The average Bonchev–Trinajstić information content (AvgIpc) is 2.02. The van der Waals surface area contributed by atoms with E-state index in [-0.39, 0.29) is 5.04 Å². The zero-order chi connectivity index (χ0) is 11.2. The summed E-state index contributed by atoms with van der Waals surface area (Å²) in [5.74, 6) is 0. The number of methoxy groups -OCH3 is 1. The maximum absolute atomic E-state index is 5.91. The van der Waals surface area contributed by atoms with E-state index in [1.54, 1.807) is 7.11 Å². The highest BCUT2D eigenvalue weighted by molar-refractivity contribution is 6.74. The molecule has 0 rings (SSSR count). The summed E-state index contributed by atoms with van der Waals surface area (Å²) in [5, 5.41) is 3.49. The van der Waals surface area contributed by atoms with Crippen molar-refractivity contribution in [1.82, 2.24) is 5.32 Å². The first-order valence-corrected chi connectivity index (χ1v) is 8.06. The minimum absolute atomic E-state index is 0.288.